The summed E-state index contributed by atoms with van der Waals surface area (Å²) in [5, 5.41) is 83.9. The summed E-state index contributed by atoms with van der Waals surface area (Å²) in [5.41, 5.74) is 0. The van der Waals surface area contributed by atoms with Crippen molar-refractivity contribution in [1.82, 2.24) is 10.6 Å². The average molecular weight is 655 g/mol. The fourth-order valence-corrected chi connectivity index (χ4v) is 5.17. The third kappa shape index (κ3) is 13.3. The van der Waals surface area contributed by atoms with E-state index in [0.29, 0.717) is 45.2 Å². The maximum atomic E-state index is 12.2. The lowest BCUT2D eigenvalue weighted by molar-refractivity contribution is -0.301. The van der Waals surface area contributed by atoms with Gasteiger partial charge in [0.2, 0.25) is 5.91 Å². The van der Waals surface area contributed by atoms with E-state index in [0.717, 1.165) is 25.5 Å². The summed E-state index contributed by atoms with van der Waals surface area (Å²) in [6.45, 7) is 2.40. The zero-order chi connectivity index (χ0) is 33.4. The molecule has 12 atom stereocenters. The zero-order valence-corrected chi connectivity index (χ0v) is 25.9. The van der Waals surface area contributed by atoms with Gasteiger partial charge in [-0.2, -0.15) is 0 Å². The number of carbonyl (C=O) groups is 2. The second-order valence-electron chi connectivity index (χ2n) is 11.8. The number of rotatable bonds is 22. The standard InChI is InChI=1S/C29H54N2O14/c1-17(31-21(35)9-3-5-11-42-28-26(40)24(38)22(36)19(15-33)44-28)7-2-4-10-30-13-18(14-32)8-6-12-43-29-27(41)25(39)23(37)20(16-34)45-29/h14,17-20,22-30,33-34,36-41H,2-13,15-16H2,1H3,(H,31,35). The van der Waals surface area contributed by atoms with E-state index in [-0.39, 0.29) is 31.1 Å². The van der Waals surface area contributed by atoms with Crippen molar-refractivity contribution in [2.24, 2.45) is 5.92 Å². The van der Waals surface area contributed by atoms with Crippen molar-refractivity contribution in [3.63, 3.8) is 0 Å². The van der Waals surface area contributed by atoms with E-state index in [9.17, 15) is 50.4 Å². The van der Waals surface area contributed by atoms with Crippen LogP contribution in [0.1, 0.15) is 58.3 Å². The van der Waals surface area contributed by atoms with Crippen molar-refractivity contribution >= 4 is 12.2 Å². The lowest BCUT2D eigenvalue weighted by Crippen LogP contribution is -2.59. The van der Waals surface area contributed by atoms with Crippen LogP contribution in [0.5, 0.6) is 0 Å². The van der Waals surface area contributed by atoms with E-state index in [1.54, 1.807) is 0 Å². The maximum Gasteiger partial charge on any atom is 0.220 e. The summed E-state index contributed by atoms with van der Waals surface area (Å²) in [6.07, 6.45) is -7.43. The van der Waals surface area contributed by atoms with Crippen molar-refractivity contribution < 1.29 is 69.4 Å². The van der Waals surface area contributed by atoms with Gasteiger partial charge in [0.25, 0.3) is 0 Å². The Morgan fingerprint density at radius 3 is 1.84 bits per heavy atom. The first-order chi connectivity index (χ1) is 21.5. The lowest BCUT2D eigenvalue weighted by Gasteiger charge is -2.39. The van der Waals surface area contributed by atoms with Gasteiger partial charge in [-0.3, -0.25) is 4.79 Å². The molecule has 0 aromatic rings. The molecule has 0 bridgehead atoms. The summed E-state index contributed by atoms with van der Waals surface area (Å²) < 4.78 is 21.5. The van der Waals surface area contributed by atoms with Crippen LogP contribution in [0.3, 0.4) is 0 Å². The van der Waals surface area contributed by atoms with Crippen LogP contribution in [0.4, 0.5) is 0 Å². The summed E-state index contributed by atoms with van der Waals surface area (Å²) in [5.74, 6) is -0.318. The Labute approximate surface area is 263 Å². The Morgan fingerprint density at radius 1 is 0.756 bits per heavy atom. The molecule has 1 amide bonds. The van der Waals surface area contributed by atoms with Crippen molar-refractivity contribution in [3.05, 3.63) is 0 Å². The number of aliphatic hydroxyl groups is 8. The summed E-state index contributed by atoms with van der Waals surface area (Å²) in [4.78, 5) is 23.7. The molecule has 2 aliphatic heterocycles. The minimum absolute atomic E-state index is 0.00529. The largest absolute Gasteiger partial charge is 0.394 e. The van der Waals surface area contributed by atoms with E-state index >= 15 is 0 Å². The first kappa shape index (κ1) is 39.8. The number of aldehydes is 1. The number of unbranched alkanes of at least 4 members (excludes halogenated alkanes) is 2. The van der Waals surface area contributed by atoms with Crippen molar-refractivity contribution in [1.29, 1.82) is 0 Å². The average Bonchev–Trinajstić information content (AvgIpc) is 3.03. The Balaban J connectivity index is 1.47. The molecule has 0 radical (unpaired) electrons. The van der Waals surface area contributed by atoms with E-state index in [4.69, 9.17) is 18.9 Å². The van der Waals surface area contributed by atoms with Gasteiger partial charge in [0.05, 0.1) is 13.2 Å². The van der Waals surface area contributed by atoms with Crippen LogP contribution in [-0.2, 0) is 28.5 Å². The van der Waals surface area contributed by atoms with Gasteiger partial charge in [-0.1, -0.05) is 6.42 Å². The summed E-state index contributed by atoms with van der Waals surface area (Å²) in [6, 6.07) is -0.00529. The van der Waals surface area contributed by atoms with Gasteiger partial charge in [-0.25, -0.2) is 0 Å². The van der Waals surface area contributed by atoms with Gasteiger partial charge in [0, 0.05) is 38.1 Å². The molecule has 2 rings (SSSR count). The summed E-state index contributed by atoms with van der Waals surface area (Å²) in [7, 11) is 0. The Bertz CT molecular complexity index is 824. The molecule has 2 aliphatic rings. The topological polar surface area (TPSA) is 257 Å². The lowest BCUT2D eigenvalue weighted by atomic mass is 9.99. The Hall–Kier alpha value is -1.38. The SMILES string of the molecule is CC(CCCCNCC(C=O)CCCOC1OC(CO)C(O)C(O)C1O)NC(=O)CCCCOC1OC(CO)C(O)C(O)C1O. The first-order valence-electron chi connectivity index (χ1n) is 15.8. The van der Waals surface area contributed by atoms with Gasteiger partial charge < -0.3 is 75.2 Å². The second-order valence-corrected chi connectivity index (χ2v) is 11.8. The Kier molecular flexibility index (Phi) is 19.0. The number of carbonyl (C=O) groups excluding carboxylic acids is 2. The number of aliphatic hydroxyl groups excluding tert-OH is 8. The highest BCUT2D eigenvalue weighted by atomic mass is 16.7. The van der Waals surface area contributed by atoms with Crippen LogP contribution in [-0.4, -0.2) is 160 Å². The highest BCUT2D eigenvalue weighted by molar-refractivity contribution is 5.76. The molecule has 12 unspecified atom stereocenters. The van der Waals surface area contributed by atoms with Crippen molar-refractivity contribution in [2.45, 2.75) is 126 Å². The van der Waals surface area contributed by atoms with Crippen molar-refractivity contribution in [2.75, 3.05) is 39.5 Å². The fourth-order valence-electron chi connectivity index (χ4n) is 5.17. The molecular weight excluding hydrogens is 600 g/mol. The zero-order valence-electron chi connectivity index (χ0n) is 25.9. The van der Waals surface area contributed by atoms with Crippen LogP contribution in [0.2, 0.25) is 0 Å². The van der Waals surface area contributed by atoms with E-state index in [2.05, 4.69) is 10.6 Å². The minimum Gasteiger partial charge on any atom is -0.394 e. The third-order valence-electron chi connectivity index (χ3n) is 8.03. The highest BCUT2D eigenvalue weighted by Crippen LogP contribution is 2.23. The molecular formula is C29H54N2O14. The van der Waals surface area contributed by atoms with Gasteiger partial charge in [-0.15, -0.1) is 0 Å². The molecule has 0 aliphatic carbocycles. The van der Waals surface area contributed by atoms with Gasteiger partial charge in [-0.05, 0) is 52.0 Å². The second kappa shape index (κ2) is 21.5. The molecule has 10 N–H and O–H groups in total. The molecule has 16 heteroatoms. The molecule has 0 saturated carbocycles. The minimum atomic E-state index is -1.50. The van der Waals surface area contributed by atoms with Crippen LogP contribution in [0.25, 0.3) is 0 Å². The van der Waals surface area contributed by atoms with Crippen LogP contribution < -0.4 is 10.6 Å². The van der Waals surface area contributed by atoms with Crippen LogP contribution >= 0.6 is 0 Å². The number of amides is 1. The monoisotopic (exact) mass is 654 g/mol. The first-order valence-corrected chi connectivity index (χ1v) is 15.8. The fraction of sp³-hybridized carbons (Fsp3) is 0.931. The highest BCUT2D eigenvalue weighted by Gasteiger charge is 2.45. The maximum absolute atomic E-state index is 12.2. The number of hydrogen-bond acceptors (Lipinski definition) is 15. The molecule has 0 spiro atoms. The number of ether oxygens (including phenoxy) is 4. The van der Waals surface area contributed by atoms with Crippen molar-refractivity contribution in [3.8, 4) is 0 Å². The van der Waals surface area contributed by atoms with Crippen LogP contribution in [0.15, 0.2) is 0 Å². The number of hydrogen-bond donors (Lipinski definition) is 10. The molecule has 0 aromatic heterocycles. The smallest absolute Gasteiger partial charge is 0.220 e. The quantitative estimate of drug-likeness (QED) is 0.0404. The van der Waals surface area contributed by atoms with Gasteiger partial charge >= 0.3 is 0 Å². The van der Waals surface area contributed by atoms with Gasteiger partial charge in [0.15, 0.2) is 12.6 Å². The van der Waals surface area contributed by atoms with Gasteiger partial charge in [0.1, 0.15) is 55.1 Å². The van der Waals surface area contributed by atoms with E-state index in [1.165, 1.54) is 0 Å². The summed E-state index contributed by atoms with van der Waals surface area (Å²) >= 11 is 0. The molecule has 45 heavy (non-hydrogen) atoms. The van der Waals surface area contributed by atoms with E-state index in [1.807, 2.05) is 6.92 Å². The Morgan fingerprint density at radius 2 is 1.31 bits per heavy atom. The van der Waals surface area contributed by atoms with E-state index < -0.39 is 74.6 Å². The van der Waals surface area contributed by atoms with Crippen LogP contribution in [0, 0.1) is 5.92 Å². The molecule has 0 aromatic carbocycles. The predicted molar refractivity (Wildman–Crippen MR) is 156 cm³/mol. The molecule has 16 nitrogen and oxygen atoms in total. The number of nitrogens with one attached hydrogen (secondary N) is 2. The normalized spacial score (nSPS) is 33.4. The molecule has 2 saturated heterocycles. The molecule has 264 valence electrons. The molecule has 2 heterocycles. The molecule has 2 fully saturated rings. The predicted octanol–water partition coefficient (Wildman–Crippen LogP) is -3.35. The third-order valence-corrected chi connectivity index (χ3v) is 8.03.